The summed E-state index contributed by atoms with van der Waals surface area (Å²) in [5.41, 5.74) is 6.57. The molecule has 0 spiro atoms. The van der Waals surface area contributed by atoms with E-state index in [0.29, 0.717) is 17.5 Å². The van der Waals surface area contributed by atoms with E-state index < -0.39 is 6.29 Å². The van der Waals surface area contributed by atoms with E-state index in [2.05, 4.69) is 63.4 Å². The van der Waals surface area contributed by atoms with Gasteiger partial charge in [0.15, 0.2) is 6.29 Å². The highest BCUT2D eigenvalue weighted by molar-refractivity contribution is 7.99. The summed E-state index contributed by atoms with van der Waals surface area (Å²) in [5.74, 6) is 3.04. The maximum Gasteiger partial charge on any atom is 0.315 e. The molecule has 2 amide bonds. The Balaban J connectivity index is 0.908. The number of benzene rings is 4. The molecule has 56 heavy (non-hydrogen) atoms. The number of aromatic nitrogens is 4. The van der Waals surface area contributed by atoms with Crippen LogP contribution in [0.1, 0.15) is 80.1 Å². The third-order valence-electron chi connectivity index (χ3n) is 12.3. The van der Waals surface area contributed by atoms with Crippen molar-refractivity contribution in [2.45, 2.75) is 87.8 Å². The van der Waals surface area contributed by atoms with Crippen molar-refractivity contribution in [3.8, 4) is 22.6 Å². The van der Waals surface area contributed by atoms with E-state index in [1.807, 2.05) is 42.5 Å². The number of hydrogen-bond acceptors (Lipinski definition) is 9. The van der Waals surface area contributed by atoms with Crippen molar-refractivity contribution in [3.05, 3.63) is 119 Å². The summed E-state index contributed by atoms with van der Waals surface area (Å²) in [6.07, 6.45) is 6.28. The minimum atomic E-state index is -0.648. The molecule has 0 radical (unpaired) electrons. The SMILES string of the molecule is CC1C(CSc2nnnn2-c2ccc(O)cc2)OC(c2cccc(-c3cccc(CNC(=O)NC45CC6CC(CC(C6)C4)C5)c3)c2)OC1c1ccc(CO)cc1. The number of carbonyl (C=O) groups excluding carboxylic acids is 1. The van der Waals surface area contributed by atoms with Gasteiger partial charge < -0.3 is 30.3 Å². The lowest BCUT2D eigenvalue weighted by atomic mass is 9.53. The van der Waals surface area contributed by atoms with Gasteiger partial charge >= 0.3 is 6.03 Å². The predicted octanol–water partition coefficient (Wildman–Crippen LogP) is 7.88. The number of phenols is 1. The number of aliphatic hydroxyl groups is 1. The van der Waals surface area contributed by atoms with E-state index >= 15 is 0 Å². The fourth-order valence-corrected chi connectivity index (χ4v) is 11.0. The van der Waals surface area contributed by atoms with Crippen molar-refractivity contribution in [1.82, 2.24) is 30.8 Å². The molecule has 290 valence electrons. The quantitative estimate of drug-likeness (QED) is 0.0987. The number of urea groups is 1. The first-order chi connectivity index (χ1) is 27.3. The van der Waals surface area contributed by atoms with Gasteiger partial charge in [-0.15, -0.1) is 5.10 Å². The Morgan fingerprint density at radius 3 is 2.27 bits per heavy atom. The summed E-state index contributed by atoms with van der Waals surface area (Å²) in [7, 11) is 0. The van der Waals surface area contributed by atoms with Crippen LogP contribution in [-0.2, 0) is 22.6 Å². The van der Waals surface area contributed by atoms with E-state index in [4.69, 9.17) is 9.47 Å². The minimum Gasteiger partial charge on any atom is -0.508 e. The number of aliphatic hydroxyl groups excluding tert-OH is 1. The number of aromatic hydroxyl groups is 1. The number of amides is 2. The van der Waals surface area contributed by atoms with Crippen molar-refractivity contribution in [3.63, 3.8) is 0 Å². The van der Waals surface area contributed by atoms with E-state index in [9.17, 15) is 15.0 Å². The second kappa shape index (κ2) is 15.7. The highest BCUT2D eigenvalue weighted by Crippen LogP contribution is 2.55. The van der Waals surface area contributed by atoms with Crippen LogP contribution in [0.3, 0.4) is 0 Å². The molecular weight excluding hydrogens is 725 g/mol. The van der Waals surface area contributed by atoms with E-state index in [1.54, 1.807) is 28.9 Å². The number of thioether (sulfide) groups is 1. The normalized spacial score (nSPS) is 27.9. The average molecular weight is 773 g/mol. The first-order valence-electron chi connectivity index (χ1n) is 19.8. The average Bonchev–Trinajstić information content (AvgIpc) is 3.68. The Morgan fingerprint density at radius 1 is 0.857 bits per heavy atom. The van der Waals surface area contributed by atoms with Crippen LogP contribution in [0.15, 0.2) is 102 Å². The molecule has 1 aromatic heterocycles. The lowest BCUT2D eigenvalue weighted by Crippen LogP contribution is -2.61. The highest BCUT2D eigenvalue weighted by Gasteiger charge is 2.51. The Kier molecular flexibility index (Phi) is 10.3. The molecule has 12 heteroatoms. The maximum absolute atomic E-state index is 13.2. The number of nitrogens with one attached hydrogen (secondary N) is 2. The summed E-state index contributed by atoms with van der Waals surface area (Å²) in [6, 6.07) is 31.2. The van der Waals surface area contributed by atoms with Crippen LogP contribution in [0, 0.1) is 23.7 Å². The van der Waals surface area contributed by atoms with E-state index in [0.717, 1.165) is 76.1 Å². The number of rotatable bonds is 11. The summed E-state index contributed by atoms with van der Waals surface area (Å²) >= 11 is 1.50. The molecule has 10 rings (SSSR count). The molecule has 4 N–H and O–H groups in total. The lowest BCUT2D eigenvalue weighted by molar-refractivity contribution is -0.268. The fraction of sp³-hybridized carbons (Fsp3) is 0.409. The van der Waals surface area contributed by atoms with Crippen LogP contribution < -0.4 is 10.6 Å². The van der Waals surface area contributed by atoms with Crippen molar-refractivity contribution in [2.75, 3.05) is 5.75 Å². The second-order valence-electron chi connectivity index (χ2n) is 16.4. The largest absolute Gasteiger partial charge is 0.508 e. The van der Waals surface area contributed by atoms with Crippen LogP contribution in [0.2, 0.25) is 0 Å². The van der Waals surface area contributed by atoms with Gasteiger partial charge in [0, 0.05) is 29.3 Å². The van der Waals surface area contributed by atoms with Crippen LogP contribution in [0.4, 0.5) is 4.79 Å². The molecule has 5 aromatic rings. The zero-order valence-corrected chi connectivity index (χ0v) is 32.3. The summed E-state index contributed by atoms with van der Waals surface area (Å²) in [4.78, 5) is 13.2. The van der Waals surface area contributed by atoms with Crippen LogP contribution in [0.25, 0.3) is 16.8 Å². The number of hydrogen-bond donors (Lipinski definition) is 4. The summed E-state index contributed by atoms with van der Waals surface area (Å²) < 4.78 is 15.2. The molecule has 4 aliphatic carbocycles. The Labute approximate surface area is 331 Å². The van der Waals surface area contributed by atoms with Gasteiger partial charge in [0.2, 0.25) is 5.16 Å². The Morgan fingerprint density at radius 2 is 1.55 bits per heavy atom. The number of carbonyl (C=O) groups is 1. The van der Waals surface area contributed by atoms with Crippen LogP contribution >= 0.6 is 11.8 Å². The lowest BCUT2D eigenvalue weighted by Gasteiger charge is -2.56. The Hall–Kier alpha value is -4.75. The molecule has 4 atom stereocenters. The maximum atomic E-state index is 13.2. The Bertz CT molecular complexity index is 2120. The zero-order valence-electron chi connectivity index (χ0n) is 31.5. The van der Waals surface area contributed by atoms with Crippen LogP contribution in [0.5, 0.6) is 5.75 Å². The van der Waals surface area contributed by atoms with Gasteiger partial charge in [-0.25, -0.2) is 4.79 Å². The summed E-state index contributed by atoms with van der Waals surface area (Å²) in [5, 5.41) is 39.1. The van der Waals surface area contributed by atoms with Gasteiger partial charge in [0.1, 0.15) is 5.75 Å². The number of tetrazole rings is 1. The predicted molar refractivity (Wildman–Crippen MR) is 213 cm³/mol. The number of phenolic OH excluding ortho intramolecular Hbond substituents is 1. The van der Waals surface area contributed by atoms with Gasteiger partial charge in [-0.1, -0.05) is 79.3 Å². The molecule has 4 unspecified atom stereocenters. The van der Waals surface area contributed by atoms with Crippen molar-refractivity contribution in [1.29, 1.82) is 0 Å². The third-order valence-corrected chi connectivity index (χ3v) is 13.3. The molecule has 4 bridgehead atoms. The van der Waals surface area contributed by atoms with Gasteiger partial charge in [0.25, 0.3) is 0 Å². The number of nitrogens with zero attached hydrogens (tertiary/aromatic N) is 4. The molecule has 2 heterocycles. The first-order valence-corrected chi connectivity index (χ1v) is 20.7. The molecule has 11 nitrogen and oxygen atoms in total. The molecule has 5 aliphatic rings. The van der Waals surface area contributed by atoms with E-state index in [-0.39, 0.29) is 42.1 Å². The molecule has 4 aromatic carbocycles. The van der Waals surface area contributed by atoms with Gasteiger partial charge in [0.05, 0.1) is 24.5 Å². The summed E-state index contributed by atoms with van der Waals surface area (Å²) in [6.45, 7) is 2.56. The monoisotopic (exact) mass is 772 g/mol. The molecule has 1 saturated heterocycles. The highest BCUT2D eigenvalue weighted by atomic mass is 32.2. The first kappa shape index (κ1) is 36.9. The van der Waals surface area contributed by atoms with Gasteiger partial charge in [-0.05, 0) is 131 Å². The smallest absolute Gasteiger partial charge is 0.315 e. The van der Waals surface area contributed by atoms with Crippen molar-refractivity contribution in [2.24, 2.45) is 23.7 Å². The number of ether oxygens (including phenoxy) is 2. The van der Waals surface area contributed by atoms with Crippen molar-refractivity contribution < 1.29 is 24.5 Å². The molecule has 1 aliphatic heterocycles. The standard InChI is InChI=1S/C44H48N6O5S/c1-27-39(26-56-43-47-48-49-50(43)37-12-14-38(52)15-13-37)54-41(55-40(27)33-10-8-28(25-51)9-11-33)36-7-3-6-35(20-36)34-5-2-4-29(19-34)24-45-42(53)46-44-21-30-16-31(22-44)18-32(17-30)23-44/h2-15,19-20,27,30-32,39-41,51-52H,16-18,21-26H2,1H3,(H2,45,46,53). The van der Waals surface area contributed by atoms with Crippen LogP contribution in [-0.4, -0.2) is 53.8 Å². The fourth-order valence-electron chi connectivity index (χ4n) is 9.95. The zero-order chi connectivity index (χ0) is 38.2. The second-order valence-corrected chi connectivity index (χ2v) is 17.3. The topological polar surface area (TPSA) is 144 Å². The minimum absolute atomic E-state index is 0.0216. The van der Waals surface area contributed by atoms with Gasteiger partial charge in [-0.2, -0.15) is 4.68 Å². The van der Waals surface area contributed by atoms with Crippen molar-refractivity contribution >= 4 is 17.8 Å². The molecular formula is C44H48N6O5S. The third kappa shape index (κ3) is 7.80. The molecule has 4 saturated carbocycles. The molecule has 5 fully saturated rings. The van der Waals surface area contributed by atoms with E-state index in [1.165, 1.54) is 31.0 Å². The van der Waals surface area contributed by atoms with Gasteiger partial charge in [-0.3, -0.25) is 0 Å².